The molecule has 1 nitrogen and oxygen atoms in total. The van der Waals surface area contributed by atoms with Crippen LogP contribution < -0.4 is 0 Å². The van der Waals surface area contributed by atoms with Gasteiger partial charge in [0.1, 0.15) is 0 Å². The van der Waals surface area contributed by atoms with Gasteiger partial charge >= 0.3 is 0 Å². The summed E-state index contributed by atoms with van der Waals surface area (Å²) < 4.78 is 0. The number of rotatable bonds is 0. The molecule has 0 unspecified atom stereocenters. The van der Waals surface area contributed by atoms with E-state index >= 15 is 0 Å². The van der Waals surface area contributed by atoms with Crippen LogP contribution in [-0.4, -0.2) is 4.98 Å². The zero-order valence-electron chi connectivity index (χ0n) is 12.2. The molecule has 0 saturated carbocycles. The van der Waals surface area contributed by atoms with Gasteiger partial charge in [-0.05, 0) is 35.4 Å². The number of H-pyrrole nitrogens is 1. The van der Waals surface area contributed by atoms with Crippen LogP contribution >= 0.6 is 0 Å². The predicted molar refractivity (Wildman–Crippen MR) is 89.4 cm³/mol. The van der Waals surface area contributed by atoms with E-state index in [1.165, 1.54) is 38.1 Å². The lowest BCUT2D eigenvalue weighted by atomic mass is 10.1. The molecule has 0 fully saturated rings. The third-order valence-corrected chi connectivity index (χ3v) is 3.71. The van der Waals surface area contributed by atoms with E-state index < -0.39 is 0 Å². The van der Waals surface area contributed by atoms with Gasteiger partial charge in [-0.2, -0.15) is 0 Å². The third-order valence-electron chi connectivity index (χ3n) is 3.71. The van der Waals surface area contributed by atoms with Gasteiger partial charge in [0.25, 0.3) is 0 Å². The zero-order valence-corrected chi connectivity index (χ0v) is 12.2. The van der Waals surface area contributed by atoms with Crippen molar-refractivity contribution in [3.8, 4) is 0 Å². The minimum Gasteiger partial charge on any atom is -0.354 e. The molecule has 0 aliphatic rings. The molecule has 0 atom stereocenters. The number of aromatic amines is 1. The Kier molecular flexibility index (Phi) is 3.19. The number of benzene rings is 3. The van der Waals surface area contributed by atoms with Crippen molar-refractivity contribution >= 4 is 32.6 Å². The summed E-state index contributed by atoms with van der Waals surface area (Å²) in [6.07, 6.45) is 0. The lowest BCUT2D eigenvalue weighted by molar-refractivity contribution is 1.46. The van der Waals surface area contributed by atoms with Crippen LogP contribution in [0.1, 0.15) is 19.4 Å². The van der Waals surface area contributed by atoms with Gasteiger partial charge in [-0.15, -0.1) is 0 Å². The van der Waals surface area contributed by atoms with E-state index in [2.05, 4.69) is 66.5 Å². The SMILES string of the molecule is CC.Cc1cccc2c1[nH]c1cc3ccccc3cc12. The smallest absolute Gasteiger partial charge is 0.0494 e. The highest BCUT2D eigenvalue weighted by Crippen LogP contribution is 2.30. The molecular formula is C19H19N. The van der Waals surface area contributed by atoms with Crippen LogP contribution in [0.5, 0.6) is 0 Å². The molecule has 1 heteroatoms. The van der Waals surface area contributed by atoms with Crippen molar-refractivity contribution in [3.05, 3.63) is 60.2 Å². The van der Waals surface area contributed by atoms with Gasteiger partial charge in [0.15, 0.2) is 0 Å². The second-order valence-corrected chi connectivity index (χ2v) is 4.87. The Hall–Kier alpha value is -2.28. The monoisotopic (exact) mass is 261 g/mol. The normalized spacial score (nSPS) is 10.8. The van der Waals surface area contributed by atoms with E-state index in [1.54, 1.807) is 0 Å². The van der Waals surface area contributed by atoms with Gasteiger partial charge in [0, 0.05) is 21.8 Å². The molecule has 1 aromatic heterocycles. The summed E-state index contributed by atoms with van der Waals surface area (Å²) >= 11 is 0. The number of hydrogen-bond donors (Lipinski definition) is 1. The fraction of sp³-hybridized carbons (Fsp3) is 0.158. The Bertz CT molecular complexity index is 884. The molecule has 1 heterocycles. The number of aromatic nitrogens is 1. The number of para-hydroxylation sites is 1. The summed E-state index contributed by atoms with van der Waals surface area (Å²) in [6.45, 7) is 6.15. The minimum atomic E-state index is 1.22. The van der Waals surface area contributed by atoms with Gasteiger partial charge in [0.05, 0.1) is 0 Å². The number of aryl methyl sites for hydroxylation is 1. The van der Waals surface area contributed by atoms with Crippen LogP contribution in [0.25, 0.3) is 32.6 Å². The second kappa shape index (κ2) is 5.01. The summed E-state index contributed by atoms with van der Waals surface area (Å²) in [4.78, 5) is 3.54. The first-order valence-electron chi connectivity index (χ1n) is 7.23. The predicted octanol–water partition coefficient (Wildman–Crippen LogP) is 5.81. The highest BCUT2D eigenvalue weighted by atomic mass is 14.7. The van der Waals surface area contributed by atoms with E-state index in [1.807, 2.05) is 13.8 Å². The molecule has 100 valence electrons. The number of nitrogens with one attached hydrogen (secondary N) is 1. The fourth-order valence-corrected chi connectivity index (χ4v) is 2.76. The van der Waals surface area contributed by atoms with E-state index in [0.29, 0.717) is 0 Å². The Morgan fingerprint density at radius 3 is 2.20 bits per heavy atom. The third kappa shape index (κ3) is 1.87. The molecule has 0 radical (unpaired) electrons. The average molecular weight is 261 g/mol. The fourth-order valence-electron chi connectivity index (χ4n) is 2.76. The van der Waals surface area contributed by atoms with E-state index in [4.69, 9.17) is 0 Å². The Balaban J connectivity index is 0.000000581. The zero-order chi connectivity index (χ0) is 14.1. The standard InChI is InChI=1S/C17H13N.C2H6/c1-11-5-4-8-14-15-9-12-6-2-3-7-13(12)10-16(15)18-17(11)14;1-2/h2-10,18H,1H3;1-2H3. The molecule has 0 aliphatic heterocycles. The molecule has 4 rings (SSSR count). The maximum absolute atomic E-state index is 3.54. The van der Waals surface area contributed by atoms with E-state index in [9.17, 15) is 0 Å². The summed E-state index contributed by atoms with van der Waals surface area (Å²) in [5.74, 6) is 0. The van der Waals surface area contributed by atoms with Gasteiger partial charge in [0.2, 0.25) is 0 Å². The van der Waals surface area contributed by atoms with Crippen LogP contribution in [0, 0.1) is 6.92 Å². The second-order valence-electron chi connectivity index (χ2n) is 4.87. The molecule has 4 aromatic rings. The molecule has 1 N–H and O–H groups in total. The first-order valence-corrected chi connectivity index (χ1v) is 7.23. The van der Waals surface area contributed by atoms with Crippen molar-refractivity contribution in [1.82, 2.24) is 4.98 Å². The number of hydrogen-bond acceptors (Lipinski definition) is 0. The van der Waals surface area contributed by atoms with E-state index in [0.717, 1.165) is 0 Å². The highest BCUT2D eigenvalue weighted by Gasteiger charge is 2.06. The first-order chi connectivity index (χ1) is 9.83. The Morgan fingerprint density at radius 2 is 1.45 bits per heavy atom. The minimum absolute atomic E-state index is 1.22. The van der Waals surface area contributed by atoms with Crippen molar-refractivity contribution in [2.75, 3.05) is 0 Å². The summed E-state index contributed by atoms with van der Waals surface area (Å²) in [6, 6.07) is 19.5. The van der Waals surface area contributed by atoms with Gasteiger partial charge in [-0.3, -0.25) is 0 Å². The van der Waals surface area contributed by atoms with Gasteiger partial charge in [-0.25, -0.2) is 0 Å². The van der Waals surface area contributed by atoms with Crippen molar-refractivity contribution in [3.63, 3.8) is 0 Å². The maximum atomic E-state index is 3.54. The Labute approximate surface area is 119 Å². The molecule has 0 aliphatic carbocycles. The summed E-state index contributed by atoms with van der Waals surface area (Å²) in [5.41, 5.74) is 3.77. The maximum Gasteiger partial charge on any atom is 0.0494 e. The molecular weight excluding hydrogens is 242 g/mol. The average Bonchev–Trinajstić information content (AvgIpc) is 2.86. The molecule has 3 aromatic carbocycles. The van der Waals surface area contributed by atoms with Crippen molar-refractivity contribution < 1.29 is 0 Å². The summed E-state index contributed by atoms with van der Waals surface area (Å²) in [7, 11) is 0. The lowest BCUT2D eigenvalue weighted by Gasteiger charge is -1.98. The van der Waals surface area contributed by atoms with Gasteiger partial charge < -0.3 is 4.98 Å². The molecule has 0 amide bonds. The topological polar surface area (TPSA) is 15.8 Å². The van der Waals surface area contributed by atoms with Crippen LogP contribution in [0.15, 0.2) is 54.6 Å². The number of fused-ring (bicyclic) bond motifs is 4. The van der Waals surface area contributed by atoms with Crippen LogP contribution in [0.2, 0.25) is 0 Å². The van der Waals surface area contributed by atoms with Crippen molar-refractivity contribution in [1.29, 1.82) is 0 Å². The van der Waals surface area contributed by atoms with Crippen LogP contribution in [0.4, 0.5) is 0 Å². The van der Waals surface area contributed by atoms with Crippen molar-refractivity contribution in [2.45, 2.75) is 20.8 Å². The molecule has 0 bridgehead atoms. The molecule has 0 saturated heterocycles. The summed E-state index contributed by atoms with van der Waals surface area (Å²) in [5, 5.41) is 5.21. The molecule has 0 spiro atoms. The van der Waals surface area contributed by atoms with Crippen molar-refractivity contribution in [2.24, 2.45) is 0 Å². The lowest BCUT2D eigenvalue weighted by Crippen LogP contribution is -1.73. The highest BCUT2D eigenvalue weighted by molar-refractivity contribution is 6.12. The van der Waals surface area contributed by atoms with Crippen LogP contribution in [0.3, 0.4) is 0 Å². The van der Waals surface area contributed by atoms with Crippen LogP contribution in [-0.2, 0) is 0 Å². The Morgan fingerprint density at radius 1 is 0.750 bits per heavy atom. The van der Waals surface area contributed by atoms with E-state index in [-0.39, 0.29) is 0 Å². The quantitative estimate of drug-likeness (QED) is 0.411. The first kappa shape index (κ1) is 12.7. The largest absolute Gasteiger partial charge is 0.354 e. The molecule has 20 heavy (non-hydrogen) atoms. The van der Waals surface area contributed by atoms with Gasteiger partial charge in [-0.1, -0.05) is 56.3 Å².